The van der Waals surface area contributed by atoms with Gasteiger partial charge in [-0.1, -0.05) is 6.92 Å². The van der Waals surface area contributed by atoms with E-state index in [1.807, 2.05) is 0 Å². The molecule has 0 radical (unpaired) electrons. The Morgan fingerprint density at radius 2 is 2.29 bits per heavy atom. The second-order valence-electron chi connectivity index (χ2n) is 3.17. The van der Waals surface area contributed by atoms with E-state index in [2.05, 4.69) is 47.0 Å². The van der Waals surface area contributed by atoms with Gasteiger partial charge in [0.05, 0.1) is 6.61 Å². The molecule has 0 saturated carbocycles. The van der Waals surface area contributed by atoms with Crippen molar-refractivity contribution in [2.75, 3.05) is 0 Å². The summed E-state index contributed by atoms with van der Waals surface area (Å²) in [5.74, 6) is 0. The molecule has 1 N–H and O–H groups in total. The van der Waals surface area contributed by atoms with Crippen molar-refractivity contribution in [1.29, 1.82) is 0 Å². The minimum atomic E-state index is 0.146. The van der Waals surface area contributed by atoms with Crippen molar-refractivity contribution in [2.45, 2.75) is 20.0 Å². The van der Waals surface area contributed by atoms with E-state index in [1.54, 1.807) is 11.3 Å². The summed E-state index contributed by atoms with van der Waals surface area (Å²) in [5.41, 5.74) is 2.37. The first-order valence-corrected chi connectivity index (χ1v) is 6.52. The van der Waals surface area contributed by atoms with Crippen LogP contribution in [0.2, 0.25) is 0 Å². The van der Waals surface area contributed by atoms with Gasteiger partial charge in [-0.3, -0.25) is 0 Å². The molecule has 0 atom stereocenters. The standard InChI is InChI=1S/C11H11IOS/c1-2-7-5-10(12)11-8(3-4-14-11)9(7)6-13/h3-5,13H,2,6H2,1H3. The summed E-state index contributed by atoms with van der Waals surface area (Å²) in [7, 11) is 0. The van der Waals surface area contributed by atoms with Gasteiger partial charge in [-0.15, -0.1) is 11.3 Å². The van der Waals surface area contributed by atoms with Crippen LogP contribution in [-0.4, -0.2) is 5.11 Å². The first-order chi connectivity index (χ1) is 6.77. The monoisotopic (exact) mass is 318 g/mol. The highest BCUT2D eigenvalue weighted by atomic mass is 127. The molecule has 1 heterocycles. The number of aliphatic hydroxyl groups is 1. The van der Waals surface area contributed by atoms with Gasteiger partial charge in [-0.25, -0.2) is 0 Å². The summed E-state index contributed by atoms with van der Waals surface area (Å²) in [5, 5.41) is 12.7. The molecule has 0 amide bonds. The normalized spacial score (nSPS) is 11.1. The molecule has 0 aliphatic rings. The Kier molecular flexibility index (Phi) is 3.09. The van der Waals surface area contributed by atoms with Crippen molar-refractivity contribution in [2.24, 2.45) is 0 Å². The van der Waals surface area contributed by atoms with E-state index >= 15 is 0 Å². The molecule has 2 aromatic rings. The first kappa shape index (κ1) is 10.4. The van der Waals surface area contributed by atoms with Gasteiger partial charge in [0.15, 0.2) is 0 Å². The molecule has 1 aromatic heterocycles. The number of hydrogen-bond acceptors (Lipinski definition) is 2. The fraction of sp³-hybridized carbons (Fsp3) is 0.273. The van der Waals surface area contributed by atoms with Crippen LogP contribution in [0.1, 0.15) is 18.1 Å². The Morgan fingerprint density at radius 1 is 1.50 bits per heavy atom. The summed E-state index contributed by atoms with van der Waals surface area (Å²) in [6, 6.07) is 4.29. The minimum Gasteiger partial charge on any atom is -0.392 e. The highest BCUT2D eigenvalue weighted by Gasteiger charge is 2.09. The zero-order chi connectivity index (χ0) is 10.1. The van der Waals surface area contributed by atoms with Crippen LogP contribution in [0.5, 0.6) is 0 Å². The van der Waals surface area contributed by atoms with Crippen LogP contribution in [-0.2, 0) is 13.0 Å². The lowest BCUT2D eigenvalue weighted by molar-refractivity contribution is 0.282. The SMILES string of the molecule is CCc1cc(I)c2sccc2c1CO. The molecule has 2 rings (SSSR count). The van der Waals surface area contributed by atoms with Gasteiger partial charge in [-0.2, -0.15) is 0 Å². The zero-order valence-corrected chi connectivity index (χ0v) is 10.9. The van der Waals surface area contributed by atoms with Crippen LogP contribution >= 0.6 is 33.9 Å². The van der Waals surface area contributed by atoms with E-state index < -0.39 is 0 Å². The van der Waals surface area contributed by atoms with Crippen LogP contribution < -0.4 is 0 Å². The van der Waals surface area contributed by atoms with Gasteiger partial charge in [0.2, 0.25) is 0 Å². The van der Waals surface area contributed by atoms with Crippen LogP contribution in [0, 0.1) is 3.57 Å². The molecule has 0 saturated heterocycles. The summed E-state index contributed by atoms with van der Waals surface area (Å²) in [6.45, 7) is 2.27. The number of halogens is 1. The van der Waals surface area contributed by atoms with Crippen molar-refractivity contribution in [3.63, 3.8) is 0 Å². The van der Waals surface area contributed by atoms with Gasteiger partial charge in [0.1, 0.15) is 0 Å². The van der Waals surface area contributed by atoms with Crippen LogP contribution in [0.4, 0.5) is 0 Å². The Hall–Kier alpha value is -0.130. The second kappa shape index (κ2) is 4.16. The molecule has 3 heteroatoms. The molecule has 74 valence electrons. The van der Waals surface area contributed by atoms with Gasteiger partial charge in [0, 0.05) is 8.27 Å². The Labute approximate surface area is 101 Å². The van der Waals surface area contributed by atoms with Crippen molar-refractivity contribution in [3.8, 4) is 0 Å². The molecule has 1 aromatic carbocycles. The molecule has 0 spiro atoms. The molecule has 0 aliphatic carbocycles. The molecule has 0 aliphatic heterocycles. The van der Waals surface area contributed by atoms with Crippen molar-refractivity contribution in [3.05, 3.63) is 32.2 Å². The van der Waals surface area contributed by atoms with Crippen LogP contribution in [0.25, 0.3) is 10.1 Å². The number of fused-ring (bicyclic) bond motifs is 1. The number of hydrogen-bond donors (Lipinski definition) is 1. The third-order valence-electron chi connectivity index (χ3n) is 2.43. The average molecular weight is 318 g/mol. The van der Waals surface area contributed by atoms with Gasteiger partial charge < -0.3 is 5.11 Å². The van der Waals surface area contributed by atoms with Crippen LogP contribution in [0.3, 0.4) is 0 Å². The predicted octanol–water partition coefficient (Wildman–Crippen LogP) is 3.56. The smallest absolute Gasteiger partial charge is 0.0690 e. The second-order valence-corrected chi connectivity index (χ2v) is 5.25. The number of thiophene rings is 1. The maximum atomic E-state index is 9.36. The maximum Gasteiger partial charge on any atom is 0.0690 e. The lowest BCUT2D eigenvalue weighted by Gasteiger charge is -2.08. The first-order valence-electron chi connectivity index (χ1n) is 4.56. The fourth-order valence-electron chi connectivity index (χ4n) is 1.71. The van der Waals surface area contributed by atoms with E-state index in [0.29, 0.717) is 0 Å². The van der Waals surface area contributed by atoms with Gasteiger partial charge in [-0.05, 0) is 63.0 Å². The quantitative estimate of drug-likeness (QED) is 0.840. The highest BCUT2D eigenvalue weighted by molar-refractivity contribution is 14.1. The molecule has 1 nitrogen and oxygen atoms in total. The van der Waals surface area contributed by atoms with Crippen molar-refractivity contribution in [1.82, 2.24) is 0 Å². The van der Waals surface area contributed by atoms with Crippen molar-refractivity contribution >= 4 is 44.0 Å². The van der Waals surface area contributed by atoms with Crippen LogP contribution in [0.15, 0.2) is 17.5 Å². The predicted molar refractivity (Wildman–Crippen MR) is 69.8 cm³/mol. The summed E-state index contributed by atoms with van der Waals surface area (Å²) >= 11 is 4.11. The lowest BCUT2D eigenvalue weighted by Crippen LogP contribution is -1.94. The number of aliphatic hydroxyl groups excluding tert-OH is 1. The summed E-state index contributed by atoms with van der Waals surface area (Å²) < 4.78 is 2.59. The molecule has 14 heavy (non-hydrogen) atoms. The van der Waals surface area contributed by atoms with E-state index in [4.69, 9.17) is 0 Å². The van der Waals surface area contributed by atoms with E-state index in [0.717, 1.165) is 12.0 Å². The molecular formula is C11H11IOS. The van der Waals surface area contributed by atoms with Gasteiger partial charge >= 0.3 is 0 Å². The van der Waals surface area contributed by atoms with E-state index in [9.17, 15) is 5.11 Å². The van der Waals surface area contributed by atoms with E-state index in [1.165, 1.54) is 19.2 Å². The molecule has 0 bridgehead atoms. The third-order valence-corrected chi connectivity index (χ3v) is 4.60. The summed E-state index contributed by atoms with van der Waals surface area (Å²) in [4.78, 5) is 0. The molecule has 0 fully saturated rings. The number of benzene rings is 1. The minimum absolute atomic E-state index is 0.146. The Bertz CT molecular complexity index is 462. The zero-order valence-electron chi connectivity index (χ0n) is 7.88. The molecular weight excluding hydrogens is 307 g/mol. The topological polar surface area (TPSA) is 20.2 Å². The average Bonchev–Trinajstić information content (AvgIpc) is 2.66. The lowest BCUT2D eigenvalue weighted by atomic mass is 10.0. The van der Waals surface area contributed by atoms with E-state index in [-0.39, 0.29) is 6.61 Å². The number of rotatable bonds is 2. The summed E-state index contributed by atoms with van der Waals surface area (Å²) in [6.07, 6.45) is 0.984. The third kappa shape index (κ3) is 1.57. The Balaban J connectivity index is 2.82. The Morgan fingerprint density at radius 3 is 2.93 bits per heavy atom. The van der Waals surface area contributed by atoms with Crippen molar-refractivity contribution < 1.29 is 5.11 Å². The van der Waals surface area contributed by atoms with Gasteiger partial charge in [0.25, 0.3) is 0 Å². The maximum absolute atomic E-state index is 9.36. The largest absolute Gasteiger partial charge is 0.392 e. The highest BCUT2D eigenvalue weighted by Crippen LogP contribution is 2.31. The molecule has 0 unspecified atom stereocenters. The fourth-order valence-corrected chi connectivity index (χ4v) is 3.59. The number of aryl methyl sites for hydroxylation is 1.